The van der Waals surface area contributed by atoms with Gasteiger partial charge in [-0.2, -0.15) is 13.2 Å². The van der Waals surface area contributed by atoms with Crippen molar-refractivity contribution in [3.05, 3.63) is 65.2 Å². The number of alkyl halides is 3. The molecule has 1 saturated heterocycles. The van der Waals surface area contributed by atoms with Crippen molar-refractivity contribution in [1.82, 2.24) is 5.32 Å². The number of nitrogens with one attached hydrogen (secondary N) is 1. The summed E-state index contributed by atoms with van der Waals surface area (Å²) in [6.07, 6.45) is -4.33. The molecule has 0 saturated carbocycles. The molecule has 0 amide bonds. The molecule has 1 fully saturated rings. The van der Waals surface area contributed by atoms with Gasteiger partial charge in [-0.1, -0.05) is 30.3 Å². The van der Waals surface area contributed by atoms with Crippen LogP contribution in [0.3, 0.4) is 0 Å². The van der Waals surface area contributed by atoms with E-state index in [0.29, 0.717) is 11.3 Å². The second-order valence-corrected chi connectivity index (χ2v) is 5.32. The monoisotopic (exact) mass is 304 g/mol. The lowest BCUT2D eigenvalue weighted by atomic mass is 10.1. The van der Waals surface area contributed by atoms with Crippen LogP contribution in [0.1, 0.15) is 16.7 Å². The maximum Gasteiger partial charge on any atom is 0.416 e. The molecule has 1 heterocycles. The molecule has 0 aromatic heterocycles. The molecule has 2 aromatic rings. The maximum absolute atomic E-state index is 12.7. The summed E-state index contributed by atoms with van der Waals surface area (Å²) < 4.78 is 38.2. The Morgan fingerprint density at radius 1 is 1.14 bits per heavy atom. The third-order valence-corrected chi connectivity index (χ3v) is 3.57. The predicted octanol–water partition coefficient (Wildman–Crippen LogP) is 4.11. The number of benzene rings is 2. The zero-order chi connectivity index (χ0) is 15.7. The summed E-state index contributed by atoms with van der Waals surface area (Å²) in [5.41, 5.74) is 2.29. The summed E-state index contributed by atoms with van der Waals surface area (Å²) in [7, 11) is 0. The zero-order valence-corrected chi connectivity index (χ0v) is 12.0. The summed E-state index contributed by atoms with van der Waals surface area (Å²) >= 11 is 0. The number of nitrogens with zero attached hydrogens (tertiary/aromatic N) is 1. The van der Waals surface area contributed by atoms with Crippen molar-refractivity contribution in [2.24, 2.45) is 4.99 Å². The minimum atomic E-state index is -4.33. The lowest BCUT2D eigenvalue weighted by Gasteiger charge is -2.10. The number of halogens is 3. The van der Waals surface area contributed by atoms with Crippen LogP contribution in [-0.2, 0) is 6.18 Å². The Kier molecular flexibility index (Phi) is 3.74. The highest BCUT2D eigenvalue weighted by atomic mass is 19.4. The number of aryl methyl sites for hydroxylation is 1. The van der Waals surface area contributed by atoms with Crippen LogP contribution in [0.4, 0.5) is 18.9 Å². The summed E-state index contributed by atoms with van der Waals surface area (Å²) in [5, 5.41) is 3.20. The molecular formula is C17H15F3N2. The molecule has 0 bridgehead atoms. The highest BCUT2D eigenvalue weighted by molar-refractivity contribution is 6.07. The summed E-state index contributed by atoms with van der Waals surface area (Å²) in [4.78, 5) is 4.60. The predicted molar refractivity (Wildman–Crippen MR) is 80.6 cm³/mol. The van der Waals surface area contributed by atoms with Crippen LogP contribution in [0.15, 0.2) is 53.5 Å². The van der Waals surface area contributed by atoms with Crippen molar-refractivity contribution in [3.8, 4) is 0 Å². The number of hydrogen-bond donors (Lipinski definition) is 1. The van der Waals surface area contributed by atoms with Crippen LogP contribution in [0, 0.1) is 6.92 Å². The van der Waals surface area contributed by atoms with E-state index in [9.17, 15) is 13.2 Å². The second-order valence-electron chi connectivity index (χ2n) is 5.32. The summed E-state index contributed by atoms with van der Waals surface area (Å²) in [5.74, 6) is 0. The average Bonchev–Trinajstić information content (AvgIpc) is 3.30. The van der Waals surface area contributed by atoms with E-state index >= 15 is 0 Å². The van der Waals surface area contributed by atoms with Gasteiger partial charge in [0.2, 0.25) is 0 Å². The molecule has 5 heteroatoms. The molecule has 0 radical (unpaired) electrons. The van der Waals surface area contributed by atoms with Gasteiger partial charge in [0.25, 0.3) is 0 Å². The van der Waals surface area contributed by atoms with Gasteiger partial charge in [-0.15, -0.1) is 0 Å². The lowest BCUT2D eigenvalue weighted by molar-refractivity contribution is -0.137. The second kappa shape index (κ2) is 5.57. The molecule has 2 aromatic carbocycles. The number of aliphatic imine (C=N–C) groups is 1. The Hall–Kier alpha value is -2.14. The highest BCUT2D eigenvalue weighted by Crippen LogP contribution is 2.32. The normalized spacial score (nSPS) is 18.4. The van der Waals surface area contributed by atoms with Crippen molar-refractivity contribution in [2.75, 3.05) is 6.54 Å². The van der Waals surface area contributed by atoms with Crippen LogP contribution in [0.25, 0.3) is 0 Å². The van der Waals surface area contributed by atoms with Gasteiger partial charge >= 0.3 is 6.18 Å². The standard InChI is InChI=1S/C17H15F3N2/c1-11-9-13(17(18,19)20)7-8-14(11)22-16(15-10-21-15)12-5-3-2-4-6-12/h2-9,15,21H,10H2,1H3. The van der Waals surface area contributed by atoms with E-state index in [4.69, 9.17) is 0 Å². The largest absolute Gasteiger partial charge is 0.416 e. The minimum absolute atomic E-state index is 0.170. The van der Waals surface area contributed by atoms with Crippen LogP contribution in [-0.4, -0.2) is 18.3 Å². The number of rotatable bonds is 3. The fraction of sp³-hybridized carbons (Fsp3) is 0.235. The SMILES string of the molecule is Cc1cc(C(F)(F)F)ccc1N=C(c1ccccc1)C1CN1. The van der Waals surface area contributed by atoms with E-state index in [0.717, 1.165) is 30.0 Å². The first kappa shape index (κ1) is 14.8. The molecule has 1 atom stereocenters. The molecule has 114 valence electrons. The highest BCUT2D eigenvalue weighted by Gasteiger charge is 2.31. The molecule has 2 nitrogen and oxygen atoms in total. The molecule has 1 aliphatic heterocycles. The van der Waals surface area contributed by atoms with Crippen molar-refractivity contribution in [2.45, 2.75) is 19.1 Å². The Morgan fingerprint density at radius 2 is 1.82 bits per heavy atom. The van der Waals surface area contributed by atoms with Crippen molar-refractivity contribution < 1.29 is 13.2 Å². The quantitative estimate of drug-likeness (QED) is 0.672. The van der Waals surface area contributed by atoms with Crippen molar-refractivity contribution in [3.63, 3.8) is 0 Å². The molecule has 1 aliphatic rings. The lowest BCUT2D eigenvalue weighted by Crippen LogP contribution is -2.11. The molecule has 1 N–H and O–H groups in total. The first-order valence-electron chi connectivity index (χ1n) is 7.00. The van der Waals surface area contributed by atoms with Crippen molar-refractivity contribution >= 4 is 11.4 Å². The Balaban J connectivity index is 1.99. The summed E-state index contributed by atoms with van der Waals surface area (Å²) in [6, 6.07) is 13.5. The molecule has 3 rings (SSSR count). The van der Waals surface area contributed by atoms with Crippen molar-refractivity contribution in [1.29, 1.82) is 0 Å². The average molecular weight is 304 g/mol. The Bertz CT molecular complexity index is 702. The van der Waals surface area contributed by atoms with Gasteiger partial charge in [0.1, 0.15) is 0 Å². The van der Waals surface area contributed by atoms with Crippen LogP contribution in [0.5, 0.6) is 0 Å². The number of hydrogen-bond acceptors (Lipinski definition) is 2. The van der Waals surface area contributed by atoms with Gasteiger partial charge in [0, 0.05) is 6.54 Å². The van der Waals surface area contributed by atoms with Gasteiger partial charge in [-0.05, 0) is 36.2 Å². The van der Waals surface area contributed by atoms with Gasteiger partial charge in [-0.3, -0.25) is 4.99 Å². The van der Waals surface area contributed by atoms with Crippen LogP contribution < -0.4 is 5.32 Å². The van der Waals surface area contributed by atoms with Crippen LogP contribution >= 0.6 is 0 Å². The topological polar surface area (TPSA) is 34.3 Å². The Morgan fingerprint density at radius 3 is 2.36 bits per heavy atom. The fourth-order valence-corrected chi connectivity index (χ4v) is 2.29. The van der Waals surface area contributed by atoms with E-state index in [1.165, 1.54) is 6.07 Å². The maximum atomic E-state index is 12.7. The molecule has 0 spiro atoms. The molecular weight excluding hydrogens is 289 g/mol. The van der Waals surface area contributed by atoms with E-state index in [2.05, 4.69) is 10.3 Å². The third-order valence-electron chi connectivity index (χ3n) is 3.57. The van der Waals surface area contributed by atoms with Gasteiger partial charge in [0.15, 0.2) is 0 Å². The summed E-state index contributed by atoms with van der Waals surface area (Å²) in [6.45, 7) is 2.49. The molecule has 0 aliphatic carbocycles. The smallest absolute Gasteiger partial charge is 0.306 e. The first-order chi connectivity index (χ1) is 10.4. The molecule has 1 unspecified atom stereocenters. The van der Waals surface area contributed by atoms with E-state index in [1.807, 2.05) is 30.3 Å². The van der Waals surface area contributed by atoms with Gasteiger partial charge in [0.05, 0.1) is 23.0 Å². The van der Waals surface area contributed by atoms with E-state index in [-0.39, 0.29) is 6.04 Å². The van der Waals surface area contributed by atoms with Gasteiger partial charge in [-0.25, -0.2) is 0 Å². The minimum Gasteiger partial charge on any atom is -0.306 e. The first-order valence-corrected chi connectivity index (χ1v) is 7.00. The van der Waals surface area contributed by atoms with E-state index in [1.54, 1.807) is 6.92 Å². The van der Waals surface area contributed by atoms with Crippen LogP contribution in [0.2, 0.25) is 0 Å². The third kappa shape index (κ3) is 3.20. The van der Waals surface area contributed by atoms with Gasteiger partial charge < -0.3 is 5.32 Å². The van der Waals surface area contributed by atoms with E-state index < -0.39 is 11.7 Å². The molecule has 22 heavy (non-hydrogen) atoms. The Labute approximate surface area is 126 Å². The zero-order valence-electron chi connectivity index (χ0n) is 12.0. The fourth-order valence-electron chi connectivity index (χ4n) is 2.29.